The van der Waals surface area contributed by atoms with Crippen molar-refractivity contribution < 1.29 is 23.9 Å². The van der Waals surface area contributed by atoms with Gasteiger partial charge in [0.05, 0.1) is 17.8 Å². The Morgan fingerprint density at radius 1 is 1.11 bits per heavy atom. The standard InChI is InChI=1S/C20H19N3O5/c1-13(24)21-15-8-6-14(7-9-15)10-20(27)28-12-19(26)23-11-18(25)22-16-4-2-3-5-17(16)23/h2-9H,10-12H2,1H3,(H,21,24)(H,22,25). The van der Waals surface area contributed by atoms with E-state index in [0.29, 0.717) is 22.6 Å². The number of esters is 1. The first-order chi connectivity index (χ1) is 13.4. The summed E-state index contributed by atoms with van der Waals surface area (Å²) in [4.78, 5) is 48.5. The summed E-state index contributed by atoms with van der Waals surface area (Å²) in [5.41, 5.74) is 2.42. The predicted molar refractivity (Wildman–Crippen MR) is 103 cm³/mol. The minimum atomic E-state index is -0.560. The van der Waals surface area contributed by atoms with Crippen LogP contribution in [0.2, 0.25) is 0 Å². The van der Waals surface area contributed by atoms with Gasteiger partial charge in [0.1, 0.15) is 6.54 Å². The summed E-state index contributed by atoms with van der Waals surface area (Å²) in [7, 11) is 0. The van der Waals surface area contributed by atoms with Gasteiger partial charge in [-0.25, -0.2) is 0 Å². The van der Waals surface area contributed by atoms with Crippen LogP contribution in [0, 0.1) is 0 Å². The molecule has 0 aliphatic carbocycles. The lowest BCUT2D eigenvalue weighted by molar-refractivity contribution is -0.147. The molecular formula is C20H19N3O5. The van der Waals surface area contributed by atoms with Crippen LogP contribution in [0.4, 0.5) is 17.1 Å². The summed E-state index contributed by atoms with van der Waals surface area (Å²) in [5, 5.41) is 5.33. The molecule has 8 nitrogen and oxygen atoms in total. The molecule has 2 aromatic rings. The van der Waals surface area contributed by atoms with Crippen LogP contribution in [0.1, 0.15) is 12.5 Å². The van der Waals surface area contributed by atoms with E-state index in [0.717, 1.165) is 0 Å². The van der Waals surface area contributed by atoms with Gasteiger partial charge in [0.25, 0.3) is 5.91 Å². The maximum atomic E-state index is 12.4. The first-order valence-electron chi connectivity index (χ1n) is 8.64. The van der Waals surface area contributed by atoms with E-state index in [9.17, 15) is 19.2 Å². The second kappa shape index (κ2) is 8.34. The third-order valence-electron chi connectivity index (χ3n) is 4.05. The van der Waals surface area contributed by atoms with Crippen molar-refractivity contribution in [2.45, 2.75) is 13.3 Å². The topological polar surface area (TPSA) is 105 Å². The highest BCUT2D eigenvalue weighted by Crippen LogP contribution is 2.28. The molecule has 2 aromatic carbocycles. The highest BCUT2D eigenvalue weighted by atomic mass is 16.5. The van der Waals surface area contributed by atoms with E-state index in [1.54, 1.807) is 48.5 Å². The monoisotopic (exact) mass is 381 g/mol. The Bertz CT molecular complexity index is 924. The molecule has 0 radical (unpaired) electrons. The van der Waals surface area contributed by atoms with Gasteiger partial charge < -0.3 is 15.4 Å². The Kier molecular flexibility index (Phi) is 5.69. The minimum absolute atomic E-state index is 0.00922. The smallest absolute Gasteiger partial charge is 0.310 e. The normalized spacial score (nSPS) is 12.6. The Balaban J connectivity index is 1.55. The number of benzene rings is 2. The van der Waals surface area contributed by atoms with Gasteiger partial charge in [0.15, 0.2) is 6.61 Å². The number of carbonyl (C=O) groups excluding carboxylic acids is 4. The fourth-order valence-electron chi connectivity index (χ4n) is 2.80. The molecule has 8 heteroatoms. The third-order valence-corrected chi connectivity index (χ3v) is 4.05. The molecule has 1 aliphatic heterocycles. The number of nitrogens with one attached hydrogen (secondary N) is 2. The van der Waals surface area contributed by atoms with Crippen LogP contribution in [-0.4, -0.2) is 36.8 Å². The van der Waals surface area contributed by atoms with Gasteiger partial charge >= 0.3 is 5.97 Å². The van der Waals surface area contributed by atoms with E-state index < -0.39 is 18.5 Å². The number of carbonyl (C=O) groups is 4. The number of rotatable bonds is 5. The van der Waals surface area contributed by atoms with Crippen molar-refractivity contribution >= 4 is 40.8 Å². The summed E-state index contributed by atoms with van der Waals surface area (Å²) in [6, 6.07) is 13.7. The van der Waals surface area contributed by atoms with Crippen molar-refractivity contribution in [1.82, 2.24) is 0 Å². The highest BCUT2D eigenvalue weighted by Gasteiger charge is 2.27. The van der Waals surface area contributed by atoms with E-state index in [2.05, 4.69) is 10.6 Å². The zero-order valence-electron chi connectivity index (χ0n) is 15.2. The van der Waals surface area contributed by atoms with Gasteiger partial charge in [-0.05, 0) is 29.8 Å². The van der Waals surface area contributed by atoms with E-state index in [4.69, 9.17) is 4.74 Å². The van der Waals surface area contributed by atoms with Gasteiger partial charge in [-0.2, -0.15) is 0 Å². The maximum absolute atomic E-state index is 12.4. The molecule has 1 heterocycles. The first-order valence-corrected chi connectivity index (χ1v) is 8.64. The number of hydrogen-bond acceptors (Lipinski definition) is 5. The van der Waals surface area contributed by atoms with E-state index in [1.165, 1.54) is 11.8 Å². The highest BCUT2D eigenvalue weighted by molar-refractivity contribution is 6.10. The van der Waals surface area contributed by atoms with Gasteiger partial charge in [-0.1, -0.05) is 24.3 Å². The molecule has 1 aliphatic rings. The average molecular weight is 381 g/mol. The van der Waals surface area contributed by atoms with Crippen LogP contribution in [-0.2, 0) is 30.3 Å². The molecule has 0 bridgehead atoms. The molecule has 0 unspecified atom stereocenters. The van der Waals surface area contributed by atoms with Crippen molar-refractivity contribution in [3.8, 4) is 0 Å². The summed E-state index contributed by atoms with van der Waals surface area (Å²) in [6.07, 6.45) is -0.00922. The van der Waals surface area contributed by atoms with Gasteiger partial charge in [0.2, 0.25) is 11.8 Å². The van der Waals surface area contributed by atoms with E-state index >= 15 is 0 Å². The van der Waals surface area contributed by atoms with Crippen LogP contribution in [0.5, 0.6) is 0 Å². The minimum Gasteiger partial charge on any atom is -0.455 e. The van der Waals surface area contributed by atoms with Gasteiger partial charge in [0, 0.05) is 12.6 Å². The molecule has 0 fully saturated rings. The summed E-state index contributed by atoms with van der Waals surface area (Å²) >= 11 is 0. The molecule has 144 valence electrons. The zero-order valence-corrected chi connectivity index (χ0v) is 15.2. The Morgan fingerprint density at radius 3 is 2.54 bits per heavy atom. The number of anilines is 3. The lowest BCUT2D eigenvalue weighted by Crippen LogP contribution is -2.44. The number of nitrogens with zero attached hydrogens (tertiary/aromatic N) is 1. The molecule has 0 atom stereocenters. The van der Waals surface area contributed by atoms with Crippen LogP contribution in [0.3, 0.4) is 0 Å². The molecule has 28 heavy (non-hydrogen) atoms. The lowest BCUT2D eigenvalue weighted by atomic mass is 10.1. The molecular weight excluding hydrogens is 362 g/mol. The number of amides is 3. The van der Waals surface area contributed by atoms with Gasteiger partial charge in [-0.15, -0.1) is 0 Å². The van der Waals surface area contributed by atoms with Crippen LogP contribution in [0.25, 0.3) is 0 Å². The third kappa shape index (κ3) is 4.73. The first kappa shape index (κ1) is 19.1. The second-order valence-corrected chi connectivity index (χ2v) is 6.26. The van der Waals surface area contributed by atoms with Gasteiger partial charge in [-0.3, -0.25) is 24.1 Å². The summed E-state index contributed by atoms with van der Waals surface area (Å²) < 4.78 is 5.07. The average Bonchev–Trinajstić information content (AvgIpc) is 2.66. The molecule has 2 N–H and O–H groups in total. The largest absolute Gasteiger partial charge is 0.455 e. The van der Waals surface area contributed by atoms with Crippen molar-refractivity contribution in [3.05, 3.63) is 54.1 Å². The molecule has 3 amide bonds. The number of hydrogen-bond donors (Lipinski definition) is 2. The second-order valence-electron chi connectivity index (χ2n) is 6.26. The molecule has 0 saturated carbocycles. The number of fused-ring (bicyclic) bond motifs is 1. The molecule has 0 spiro atoms. The van der Waals surface area contributed by atoms with Crippen molar-refractivity contribution in [2.75, 3.05) is 28.7 Å². The quantitative estimate of drug-likeness (QED) is 0.768. The van der Waals surface area contributed by atoms with E-state index in [-0.39, 0.29) is 24.8 Å². The van der Waals surface area contributed by atoms with Crippen molar-refractivity contribution in [1.29, 1.82) is 0 Å². The zero-order chi connectivity index (χ0) is 20.1. The number of para-hydroxylation sites is 2. The van der Waals surface area contributed by atoms with Crippen LogP contribution in [0.15, 0.2) is 48.5 Å². The Labute approximate surface area is 161 Å². The fourth-order valence-corrected chi connectivity index (χ4v) is 2.80. The summed E-state index contributed by atoms with van der Waals surface area (Å²) in [5.74, 6) is -1.52. The number of ether oxygens (including phenoxy) is 1. The maximum Gasteiger partial charge on any atom is 0.310 e. The van der Waals surface area contributed by atoms with E-state index in [1.807, 2.05) is 0 Å². The predicted octanol–water partition coefficient (Wildman–Crippen LogP) is 1.72. The lowest BCUT2D eigenvalue weighted by Gasteiger charge is -2.28. The molecule has 0 aromatic heterocycles. The molecule has 3 rings (SSSR count). The van der Waals surface area contributed by atoms with Crippen molar-refractivity contribution in [3.63, 3.8) is 0 Å². The van der Waals surface area contributed by atoms with Crippen LogP contribution >= 0.6 is 0 Å². The molecule has 0 saturated heterocycles. The fraction of sp³-hybridized carbons (Fsp3) is 0.200. The van der Waals surface area contributed by atoms with Crippen molar-refractivity contribution in [2.24, 2.45) is 0 Å². The van der Waals surface area contributed by atoms with Crippen LogP contribution < -0.4 is 15.5 Å². The Hall–Kier alpha value is -3.68. The Morgan fingerprint density at radius 2 is 1.82 bits per heavy atom. The SMILES string of the molecule is CC(=O)Nc1ccc(CC(=O)OCC(=O)N2CC(=O)Nc3ccccc32)cc1. The summed E-state index contributed by atoms with van der Waals surface area (Å²) in [6.45, 7) is 0.828.